The second-order valence-electron chi connectivity index (χ2n) is 6.42. The van der Waals surface area contributed by atoms with E-state index >= 15 is 0 Å². The van der Waals surface area contributed by atoms with Gasteiger partial charge >= 0.3 is 0 Å². The summed E-state index contributed by atoms with van der Waals surface area (Å²) >= 11 is 0. The Hall–Kier alpha value is -3.21. The Kier molecular flexibility index (Phi) is 8.59. The fourth-order valence-corrected chi connectivity index (χ4v) is 2.68. The number of rotatable bonds is 3. The van der Waals surface area contributed by atoms with E-state index < -0.39 is 4.92 Å². The predicted molar refractivity (Wildman–Crippen MR) is 112 cm³/mol. The van der Waals surface area contributed by atoms with Crippen LogP contribution in [0.1, 0.15) is 5.56 Å². The van der Waals surface area contributed by atoms with Crippen molar-refractivity contribution in [2.45, 2.75) is 0 Å². The van der Waals surface area contributed by atoms with Gasteiger partial charge in [-0.3, -0.25) is 15.1 Å². The van der Waals surface area contributed by atoms with Gasteiger partial charge in [-0.1, -0.05) is 0 Å². The van der Waals surface area contributed by atoms with Gasteiger partial charge in [0.15, 0.2) is 11.5 Å². The molecule has 31 heavy (non-hydrogen) atoms. The minimum absolute atomic E-state index is 0.107. The summed E-state index contributed by atoms with van der Waals surface area (Å²) in [5.41, 5.74) is 0.621. The predicted octanol–water partition coefficient (Wildman–Crippen LogP) is 2.87. The van der Waals surface area contributed by atoms with Crippen molar-refractivity contribution in [3.05, 3.63) is 52.1 Å². The van der Waals surface area contributed by atoms with Gasteiger partial charge in [0.25, 0.3) is 5.69 Å². The van der Waals surface area contributed by atoms with Gasteiger partial charge in [-0.2, -0.15) is 0 Å². The van der Waals surface area contributed by atoms with Crippen molar-refractivity contribution in [1.29, 1.82) is 0 Å². The zero-order valence-corrected chi connectivity index (χ0v) is 16.9. The largest absolute Gasteiger partial charge is 0.507 e. The average Bonchev–Trinajstić information content (AvgIpc) is 2.77. The smallest absolute Gasteiger partial charge is 0.270 e. The van der Waals surface area contributed by atoms with Crippen molar-refractivity contribution < 1.29 is 33.7 Å². The maximum Gasteiger partial charge on any atom is 0.270 e. The van der Waals surface area contributed by atoms with E-state index in [-0.39, 0.29) is 17.0 Å². The number of aromatic hydroxyl groups is 1. The highest BCUT2D eigenvalue weighted by Gasteiger charge is 2.10. The SMILES string of the molecule is O=[N+]([O-])c1ccc(O)c(C=Nc2ccc3c(c2)OCCOCCOCCOCCO3)c1. The molecule has 0 aliphatic carbocycles. The van der Waals surface area contributed by atoms with Crippen molar-refractivity contribution in [2.24, 2.45) is 4.99 Å². The molecule has 3 rings (SSSR count). The summed E-state index contributed by atoms with van der Waals surface area (Å²) in [4.78, 5) is 14.7. The Morgan fingerprint density at radius 3 is 2.10 bits per heavy atom. The lowest BCUT2D eigenvalue weighted by Crippen LogP contribution is -2.13. The number of hydrogen-bond donors (Lipinski definition) is 1. The maximum atomic E-state index is 10.9. The van der Waals surface area contributed by atoms with Crippen LogP contribution in [0.4, 0.5) is 11.4 Å². The molecule has 0 unspecified atom stereocenters. The second-order valence-corrected chi connectivity index (χ2v) is 6.42. The van der Waals surface area contributed by atoms with E-state index in [1.165, 1.54) is 24.4 Å². The molecule has 0 aromatic heterocycles. The normalized spacial score (nSPS) is 16.4. The van der Waals surface area contributed by atoms with Gasteiger partial charge in [0.2, 0.25) is 0 Å². The summed E-state index contributed by atoms with van der Waals surface area (Å²) in [6.07, 6.45) is 1.36. The van der Waals surface area contributed by atoms with Crippen LogP contribution in [0.25, 0.3) is 0 Å². The van der Waals surface area contributed by atoms with E-state index in [2.05, 4.69) is 4.99 Å². The van der Waals surface area contributed by atoms with Crippen molar-refractivity contribution in [2.75, 3.05) is 52.9 Å². The molecule has 1 aliphatic rings. The summed E-state index contributed by atoms with van der Waals surface area (Å²) < 4.78 is 27.8. The van der Waals surface area contributed by atoms with E-state index in [4.69, 9.17) is 23.7 Å². The molecule has 0 fully saturated rings. The first kappa shape index (κ1) is 22.5. The molecule has 0 amide bonds. The highest BCUT2D eigenvalue weighted by Crippen LogP contribution is 2.32. The Morgan fingerprint density at radius 1 is 0.839 bits per heavy atom. The van der Waals surface area contributed by atoms with Gasteiger partial charge in [0.05, 0.1) is 50.3 Å². The molecule has 0 saturated carbocycles. The monoisotopic (exact) mass is 432 g/mol. The van der Waals surface area contributed by atoms with Gasteiger partial charge in [-0.05, 0) is 18.2 Å². The van der Waals surface area contributed by atoms with Crippen LogP contribution in [0.15, 0.2) is 41.4 Å². The Morgan fingerprint density at radius 2 is 1.45 bits per heavy atom. The molecule has 0 bridgehead atoms. The number of phenolic OH excluding ortho intramolecular Hbond substituents is 1. The van der Waals surface area contributed by atoms with Crippen LogP contribution < -0.4 is 9.47 Å². The molecular weight excluding hydrogens is 408 g/mol. The number of hydrogen-bond acceptors (Lipinski definition) is 9. The Balaban J connectivity index is 1.74. The lowest BCUT2D eigenvalue weighted by atomic mass is 10.2. The number of nitro groups is 1. The quantitative estimate of drug-likeness (QED) is 0.446. The maximum absolute atomic E-state index is 10.9. The van der Waals surface area contributed by atoms with Gasteiger partial charge in [-0.15, -0.1) is 0 Å². The minimum atomic E-state index is -0.534. The molecule has 0 radical (unpaired) electrons. The van der Waals surface area contributed by atoms with Crippen LogP contribution >= 0.6 is 0 Å². The Labute approximate surface area is 179 Å². The molecule has 1 heterocycles. The van der Waals surface area contributed by atoms with E-state index in [1.54, 1.807) is 18.2 Å². The summed E-state index contributed by atoms with van der Waals surface area (Å²) in [5, 5.41) is 20.9. The zero-order chi connectivity index (χ0) is 21.9. The van der Waals surface area contributed by atoms with Gasteiger partial charge in [-0.25, -0.2) is 0 Å². The first-order valence-electron chi connectivity index (χ1n) is 9.78. The number of phenols is 1. The summed E-state index contributed by atoms with van der Waals surface area (Å²) in [5.74, 6) is 0.906. The average molecular weight is 432 g/mol. The van der Waals surface area contributed by atoms with Crippen molar-refractivity contribution in [3.63, 3.8) is 0 Å². The molecule has 2 aromatic rings. The molecule has 0 atom stereocenters. The molecule has 10 heteroatoms. The number of nitro benzene ring substituents is 1. The van der Waals surface area contributed by atoms with Crippen molar-refractivity contribution in [3.8, 4) is 17.2 Å². The number of non-ortho nitro benzene ring substituents is 1. The summed E-state index contributed by atoms with van der Waals surface area (Å²) in [7, 11) is 0. The molecule has 0 spiro atoms. The number of benzene rings is 2. The van der Waals surface area contributed by atoms with Crippen LogP contribution in [0, 0.1) is 10.1 Å². The first-order valence-corrected chi connectivity index (χ1v) is 9.78. The molecular formula is C21H24N2O8. The lowest BCUT2D eigenvalue weighted by molar-refractivity contribution is -0.384. The van der Waals surface area contributed by atoms with Crippen LogP contribution in [0.2, 0.25) is 0 Å². The molecule has 166 valence electrons. The number of aliphatic imine (C=N–C) groups is 1. The van der Waals surface area contributed by atoms with E-state index in [0.29, 0.717) is 70.0 Å². The first-order chi connectivity index (χ1) is 15.1. The number of fused-ring (bicyclic) bond motifs is 1. The highest BCUT2D eigenvalue weighted by molar-refractivity contribution is 5.86. The minimum Gasteiger partial charge on any atom is -0.507 e. The van der Waals surface area contributed by atoms with Crippen LogP contribution in [0.3, 0.4) is 0 Å². The Bertz CT molecular complexity index is 903. The van der Waals surface area contributed by atoms with Gasteiger partial charge < -0.3 is 28.8 Å². The van der Waals surface area contributed by atoms with E-state index in [9.17, 15) is 15.2 Å². The number of nitrogens with zero attached hydrogens (tertiary/aromatic N) is 2. The third-order valence-corrected chi connectivity index (χ3v) is 4.22. The van der Waals surface area contributed by atoms with Crippen LogP contribution in [0.5, 0.6) is 17.2 Å². The van der Waals surface area contributed by atoms with E-state index in [1.807, 2.05) is 0 Å². The van der Waals surface area contributed by atoms with Crippen molar-refractivity contribution >= 4 is 17.6 Å². The second kappa shape index (κ2) is 11.8. The highest BCUT2D eigenvalue weighted by atomic mass is 16.6. The number of ether oxygens (including phenoxy) is 5. The molecule has 1 aliphatic heterocycles. The molecule has 10 nitrogen and oxygen atoms in total. The third-order valence-electron chi connectivity index (χ3n) is 4.22. The zero-order valence-electron chi connectivity index (χ0n) is 16.9. The summed E-state index contributed by atoms with van der Waals surface area (Å²) in [6.45, 7) is 3.37. The fraction of sp³-hybridized carbons (Fsp3) is 0.381. The fourth-order valence-electron chi connectivity index (χ4n) is 2.68. The molecule has 2 aromatic carbocycles. The van der Waals surface area contributed by atoms with E-state index in [0.717, 1.165) is 0 Å². The van der Waals surface area contributed by atoms with Crippen LogP contribution in [-0.2, 0) is 14.2 Å². The topological polar surface area (TPSA) is 122 Å². The third kappa shape index (κ3) is 7.21. The van der Waals surface area contributed by atoms with Crippen molar-refractivity contribution in [1.82, 2.24) is 0 Å². The van der Waals surface area contributed by atoms with Gasteiger partial charge in [0.1, 0.15) is 19.0 Å². The van der Waals surface area contributed by atoms with Crippen LogP contribution in [-0.4, -0.2) is 69.1 Å². The molecule has 1 N–H and O–H groups in total. The standard InChI is InChI=1S/C21H24N2O8/c24-19-3-2-18(23(25)26)13-16(19)15-22-17-1-4-20-21(14-17)31-12-10-29-8-6-27-5-7-28-9-11-30-20/h1-4,13-15,24H,5-12H2. The summed E-state index contributed by atoms with van der Waals surface area (Å²) in [6, 6.07) is 8.85. The van der Waals surface area contributed by atoms with Gasteiger partial charge in [0, 0.05) is 30.0 Å². The molecule has 0 saturated heterocycles. The lowest BCUT2D eigenvalue weighted by Gasteiger charge is -2.13.